The van der Waals surface area contributed by atoms with E-state index in [9.17, 15) is 9.59 Å². The molecule has 0 aromatic carbocycles. The molecule has 1 aromatic heterocycles. The number of hydrogen-bond donors (Lipinski definition) is 2. The molecule has 1 heterocycles. The molecule has 0 fully saturated rings. The van der Waals surface area contributed by atoms with Crippen LogP contribution >= 0.6 is 0 Å². The Bertz CT molecular complexity index is 433. The minimum atomic E-state index is -0.272. The van der Waals surface area contributed by atoms with Crippen molar-refractivity contribution in [1.82, 2.24) is 24.7 Å². The van der Waals surface area contributed by atoms with Gasteiger partial charge in [-0.25, -0.2) is 9.78 Å². The van der Waals surface area contributed by atoms with Crippen LogP contribution in [0, 0.1) is 0 Å². The molecule has 1 rings (SSSR count). The predicted molar refractivity (Wildman–Crippen MR) is 75.6 cm³/mol. The van der Waals surface area contributed by atoms with Crippen LogP contribution in [0.2, 0.25) is 0 Å². The number of amides is 3. The topological polar surface area (TPSA) is 108 Å². The second kappa shape index (κ2) is 10.2. The minimum absolute atomic E-state index is 0.0114. The van der Waals surface area contributed by atoms with Crippen molar-refractivity contribution in [2.45, 2.75) is 6.54 Å². The van der Waals surface area contributed by atoms with Crippen molar-refractivity contribution in [3.05, 3.63) is 18.7 Å². The molecular formula is C12H21N5O4. The number of nitrogens with zero attached hydrogens (tertiary/aromatic N) is 4. The molecule has 0 spiro atoms. The summed E-state index contributed by atoms with van der Waals surface area (Å²) in [6.07, 6.45) is 5.23. The first-order valence-corrected chi connectivity index (χ1v) is 6.15. The number of nitrogens with one attached hydrogen (secondary N) is 1. The number of aromatic nitrogens is 2. The van der Waals surface area contributed by atoms with Crippen LogP contribution in [-0.4, -0.2) is 77.1 Å². The number of rotatable bonds is 5. The van der Waals surface area contributed by atoms with Crippen molar-refractivity contribution in [3.63, 3.8) is 0 Å². The van der Waals surface area contributed by atoms with E-state index >= 15 is 0 Å². The van der Waals surface area contributed by atoms with E-state index in [0.717, 1.165) is 0 Å². The number of hydrogen-bond acceptors (Lipinski definition) is 4. The van der Waals surface area contributed by atoms with E-state index in [1.165, 1.54) is 4.90 Å². The molecule has 0 aliphatic heterocycles. The summed E-state index contributed by atoms with van der Waals surface area (Å²) in [5.74, 6) is -0.120. The molecule has 1 aromatic rings. The summed E-state index contributed by atoms with van der Waals surface area (Å²) < 4.78 is 1.89. The van der Waals surface area contributed by atoms with Crippen LogP contribution in [-0.2, 0) is 16.1 Å². The zero-order chi connectivity index (χ0) is 16.3. The standard InChI is InChI=1S/C11H19N5O2.CH2O2/c1-14(2)11(18)13-8-10(17)15(3)6-7-16-5-4-12-9-16;2-1-3/h4-5,9H,6-8H2,1-3H3,(H,13,18);1H,(H,2,3). The van der Waals surface area contributed by atoms with Gasteiger partial charge < -0.3 is 24.8 Å². The highest BCUT2D eigenvalue weighted by molar-refractivity contribution is 5.83. The van der Waals surface area contributed by atoms with E-state index < -0.39 is 0 Å². The Morgan fingerprint density at radius 2 is 2.00 bits per heavy atom. The predicted octanol–water partition coefficient (Wildman–Crippen LogP) is -0.686. The second-order valence-electron chi connectivity index (χ2n) is 4.27. The van der Waals surface area contributed by atoms with Gasteiger partial charge in [-0.2, -0.15) is 0 Å². The summed E-state index contributed by atoms with van der Waals surface area (Å²) in [5.41, 5.74) is 0. The molecule has 21 heavy (non-hydrogen) atoms. The Morgan fingerprint density at radius 1 is 1.38 bits per heavy atom. The van der Waals surface area contributed by atoms with Gasteiger partial charge in [0.2, 0.25) is 5.91 Å². The van der Waals surface area contributed by atoms with Gasteiger partial charge in [-0.15, -0.1) is 0 Å². The van der Waals surface area contributed by atoms with Crippen molar-refractivity contribution in [1.29, 1.82) is 0 Å². The Balaban J connectivity index is 0.00000122. The van der Waals surface area contributed by atoms with Gasteiger partial charge in [-0.05, 0) is 0 Å². The molecule has 3 amide bonds. The number of likely N-dealkylation sites (N-methyl/N-ethyl adjacent to an activating group) is 1. The summed E-state index contributed by atoms with van der Waals surface area (Å²) >= 11 is 0. The van der Waals surface area contributed by atoms with Crippen LogP contribution < -0.4 is 5.32 Å². The van der Waals surface area contributed by atoms with Gasteiger partial charge in [0.05, 0.1) is 12.9 Å². The smallest absolute Gasteiger partial charge is 0.317 e. The van der Waals surface area contributed by atoms with Gasteiger partial charge in [-0.3, -0.25) is 9.59 Å². The lowest BCUT2D eigenvalue weighted by Crippen LogP contribution is -2.42. The van der Waals surface area contributed by atoms with Crippen LogP contribution in [0.15, 0.2) is 18.7 Å². The molecule has 0 saturated carbocycles. The summed E-state index contributed by atoms with van der Waals surface area (Å²) in [6, 6.07) is -0.272. The molecule has 118 valence electrons. The van der Waals surface area contributed by atoms with E-state index in [1.54, 1.807) is 38.6 Å². The monoisotopic (exact) mass is 299 g/mol. The molecule has 0 unspecified atom stereocenters. The lowest BCUT2D eigenvalue weighted by Gasteiger charge is -2.18. The Hall–Kier alpha value is -2.58. The largest absolute Gasteiger partial charge is 0.483 e. The van der Waals surface area contributed by atoms with Gasteiger partial charge in [0, 0.05) is 46.6 Å². The lowest BCUT2D eigenvalue weighted by molar-refractivity contribution is -0.129. The number of carboxylic acid groups (broad SMARTS) is 1. The summed E-state index contributed by atoms with van der Waals surface area (Å²) in [5, 5.41) is 9.42. The van der Waals surface area contributed by atoms with Crippen molar-refractivity contribution < 1.29 is 19.5 Å². The fraction of sp³-hybridized carbons (Fsp3) is 0.500. The highest BCUT2D eigenvalue weighted by Gasteiger charge is 2.10. The zero-order valence-electron chi connectivity index (χ0n) is 12.4. The Labute approximate surface area is 123 Å². The SMILES string of the molecule is CN(C)C(=O)NCC(=O)N(C)CCn1ccnc1.O=CO. The Morgan fingerprint density at radius 3 is 2.48 bits per heavy atom. The molecule has 0 aliphatic rings. The third kappa shape index (κ3) is 8.24. The fourth-order valence-electron chi connectivity index (χ4n) is 1.25. The van der Waals surface area contributed by atoms with Crippen molar-refractivity contribution >= 4 is 18.4 Å². The Kier molecular flexibility index (Phi) is 8.98. The van der Waals surface area contributed by atoms with Gasteiger partial charge in [0.25, 0.3) is 6.47 Å². The van der Waals surface area contributed by atoms with Gasteiger partial charge >= 0.3 is 6.03 Å². The second-order valence-corrected chi connectivity index (χ2v) is 4.27. The molecule has 0 aliphatic carbocycles. The lowest BCUT2D eigenvalue weighted by atomic mass is 10.4. The number of urea groups is 1. The molecular weight excluding hydrogens is 278 g/mol. The van der Waals surface area contributed by atoms with Crippen LogP contribution in [0.1, 0.15) is 0 Å². The molecule has 0 saturated heterocycles. The zero-order valence-corrected chi connectivity index (χ0v) is 12.4. The van der Waals surface area contributed by atoms with Gasteiger partial charge in [0.15, 0.2) is 0 Å². The normalized spacial score (nSPS) is 9.10. The van der Waals surface area contributed by atoms with Crippen LogP contribution in [0.5, 0.6) is 0 Å². The van der Waals surface area contributed by atoms with E-state index in [-0.39, 0.29) is 25.0 Å². The first-order chi connectivity index (χ1) is 9.92. The number of carbonyl (C=O) groups is 3. The third-order valence-electron chi connectivity index (χ3n) is 2.48. The van der Waals surface area contributed by atoms with Crippen LogP contribution in [0.25, 0.3) is 0 Å². The van der Waals surface area contributed by atoms with Crippen LogP contribution in [0.3, 0.4) is 0 Å². The number of imidazole rings is 1. The summed E-state index contributed by atoms with van der Waals surface area (Å²) in [6.45, 7) is 1.02. The number of carbonyl (C=O) groups excluding carboxylic acids is 2. The quantitative estimate of drug-likeness (QED) is 0.700. The van der Waals surface area contributed by atoms with E-state index in [1.807, 2.05) is 10.8 Å². The van der Waals surface area contributed by atoms with E-state index in [0.29, 0.717) is 13.1 Å². The molecule has 0 atom stereocenters. The third-order valence-corrected chi connectivity index (χ3v) is 2.48. The molecule has 9 nitrogen and oxygen atoms in total. The van der Waals surface area contributed by atoms with Crippen molar-refractivity contribution in [3.8, 4) is 0 Å². The first kappa shape index (κ1) is 18.4. The molecule has 0 radical (unpaired) electrons. The fourth-order valence-corrected chi connectivity index (χ4v) is 1.25. The summed E-state index contributed by atoms with van der Waals surface area (Å²) in [7, 11) is 4.96. The maximum atomic E-state index is 11.7. The van der Waals surface area contributed by atoms with E-state index in [2.05, 4.69) is 10.3 Å². The van der Waals surface area contributed by atoms with Crippen LogP contribution in [0.4, 0.5) is 4.79 Å². The average Bonchev–Trinajstić information content (AvgIpc) is 2.95. The van der Waals surface area contributed by atoms with Gasteiger partial charge in [0.1, 0.15) is 0 Å². The maximum absolute atomic E-state index is 11.7. The molecule has 9 heteroatoms. The van der Waals surface area contributed by atoms with Crippen molar-refractivity contribution in [2.24, 2.45) is 0 Å². The van der Waals surface area contributed by atoms with Crippen molar-refractivity contribution in [2.75, 3.05) is 34.2 Å². The van der Waals surface area contributed by atoms with Gasteiger partial charge in [-0.1, -0.05) is 0 Å². The maximum Gasteiger partial charge on any atom is 0.317 e. The minimum Gasteiger partial charge on any atom is -0.483 e. The van der Waals surface area contributed by atoms with E-state index in [4.69, 9.17) is 9.90 Å². The average molecular weight is 299 g/mol. The highest BCUT2D eigenvalue weighted by Crippen LogP contribution is 1.90. The molecule has 2 N–H and O–H groups in total. The first-order valence-electron chi connectivity index (χ1n) is 6.15. The molecule has 0 bridgehead atoms. The summed E-state index contributed by atoms with van der Waals surface area (Å²) in [4.78, 5) is 38.2. The highest BCUT2D eigenvalue weighted by atomic mass is 16.3.